The molecule has 0 radical (unpaired) electrons. The van der Waals surface area contributed by atoms with Gasteiger partial charge in [-0.15, -0.1) is 5.10 Å². The molecule has 0 bridgehead atoms. The van der Waals surface area contributed by atoms with E-state index in [1.54, 1.807) is 4.52 Å². The zero-order valence-corrected chi connectivity index (χ0v) is 15.5. The summed E-state index contributed by atoms with van der Waals surface area (Å²) in [5.41, 5.74) is 10.4. The number of fused-ring (bicyclic) bond motifs is 3. The minimum absolute atomic E-state index is 0.456. The van der Waals surface area contributed by atoms with Crippen LogP contribution in [0.4, 0.5) is 13.2 Å². The number of hydrogen-bond donors (Lipinski definition) is 2. The standard InChI is InChI=1S/C13H19N7O.C2HF3O2/c1-4-21-7-10-15-11-12(19(10)6-5-14)8(2)9(3)20-13(11)16-17-18-20;3-2(4,5)1(6)7/h4-7,14H2,1-3H3;(H,6,7). The van der Waals surface area contributed by atoms with Gasteiger partial charge >= 0.3 is 12.1 Å². The lowest BCUT2D eigenvalue weighted by molar-refractivity contribution is -0.192. The molecule has 0 spiro atoms. The zero-order chi connectivity index (χ0) is 21.1. The van der Waals surface area contributed by atoms with Gasteiger partial charge in [-0.25, -0.2) is 9.78 Å². The third-order valence-electron chi connectivity index (χ3n) is 3.97. The van der Waals surface area contributed by atoms with Crippen LogP contribution in [0.25, 0.3) is 16.7 Å². The van der Waals surface area contributed by atoms with Gasteiger partial charge in [-0.2, -0.15) is 17.7 Å². The number of carbonyl (C=O) groups is 1. The smallest absolute Gasteiger partial charge is 0.475 e. The second-order valence-corrected chi connectivity index (χ2v) is 5.73. The lowest BCUT2D eigenvalue weighted by Gasteiger charge is -2.10. The Morgan fingerprint density at radius 1 is 1.32 bits per heavy atom. The predicted molar refractivity (Wildman–Crippen MR) is 91.6 cm³/mol. The molecule has 0 aliphatic rings. The number of nitrogens with two attached hydrogens (primary N) is 1. The molecule has 0 aliphatic heterocycles. The summed E-state index contributed by atoms with van der Waals surface area (Å²) in [5, 5.41) is 19.0. The molecular formula is C15H20F3N7O3. The second kappa shape index (κ2) is 8.48. The fourth-order valence-corrected chi connectivity index (χ4v) is 2.60. The first-order chi connectivity index (χ1) is 13.1. The number of rotatable bonds is 5. The molecule has 0 saturated heterocycles. The summed E-state index contributed by atoms with van der Waals surface area (Å²) >= 11 is 0. The van der Waals surface area contributed by atoms with Crippen LogP contribution < -0.4 is 5.73 Å². The lowest BCUT2D eigenvalue weighted by atomic mass is 10.2. The molecule has 3 aromatic heterocycles. The van der Waals surface area contributed by atoms with E-state index in [0.717, 1.165) is 28.1 Å². The lowest BCUT2D eigenvalue weighted by Crippen LogP contribution is -2.21. The highest BCUT2D eigenvalue weighted by molar-refractivity contribution is 5.91. The van der Waals surface area contributed by atoms with Crippen LogP contribution in [0.2, 0.25) is 0 Å². The maximum Gasteiger partial charge on any atom is 0.490 e. The maximum atomic E-state index is 10.6. The summed E-state index contributed by atoms with van der Waals surface area (Å²) < 4.78 is 41.1. The van der Waals surface area contributed by atoms with Crippen molar-refractivity contribution in [1.82, 2.24) is 29.6 Å². The van der Waals surface area contributed by atoms with Crippen molar-refractivity contribution in [3.63, 3.8) is 0 Å². The number of aryl methyl sites for hydroxylation is 2. The van der Waals surface area contributed by atoms with Gasteiger partial charge in [0, 0.05) is 25.4 Å². The molecule has 0 fully saturated rings. The highest BCUT2D eigenvalue weighted by Gasteiger charge is 2.38. The normalized spacial score (nSPS) is 11.7. The Hall–Kier alpha value is -2.80. The third kappa shape index (κ3) is 4.20. The molecule has 28 heavy (non-hydrogen) atoms. The number of aromatic nitrogens is 6. The number of carboxylic acid groups (broad SMARTS) is 1. The zero-order valence-electron chi connectivity index (χ0n) is 15.5. The molecule has 3 heterocycles. The average Bonchev–Trinajstić information content (AvgIpc) is 3.23. The number of hydrogen-bond acceptors (Lipinski definition) is 7. The van der Waals surface area contributed by atoms with Crippen molar-refractivity contribution in [2.45, 2.75) is 40.1 Å². The van der Waals surface area contributed by atoms with Gasteiger partial charge in [0.1, 0.15) is 17.9 Å². The van der Waals surface area contributed by atoms with Crippen LogP contribution in [-0.2, 0) is 22.7 Å². The van der Waals surface area contributed by atoms with Crippen LogP contribution in [0.3, 0.4) is 0 Å². The van der Waals surface area contributed by atoms with E-state index in [1.807, 2.05) is 13.8 Å². The van der Waals surface area contributed by atoms with Gasteiger partial charge in [0.2, 0.25) is 5.65 Å². The van der Waals surface area contributed by atoms with Gasteiger partial charge in [-0.3, -0.25) is 0 Å². The van der Waals surface area contributed by atoms with Gasteiger partial charge in [0.15, 0.2) is 0 Å². The summed E-state index contributed by atoms with van der Waals surface area (Å²) in [6.45, 7) is 8.35. The number of imidazole rings is 1. The summed E-state index contributed by atoms with van der Waals surface area (Å²) in [5.74, 6) is -1.90. The highest BCUT2D eigenvalue weighted by atomic mass is 19.4. The van der Waals surface area contributed by atoms with E-state index in [4.69, 9.17) is 25.4 Å². The summed E-state index contributed by atoms with van der Waals surface area (Å²) in [6, 6.07) is 0. The number of ether oxygens (including phenoxy) is 1. The monoisotopic (exact) mass is 403 g/mol. The Labute approximate surface area is 157 Å². The molecule has 3 aromatic rings. The van der Waals surface area contributed by atoms with Crippen molar-refractivity contribution in [2.24, 2.45) is 5.73 Å². The fraction of sp³-hybridized carbons (Fsp3) is 0.533. The fourth-order valence-electron chi connectivity index (χ4n) is 2.60. The topological polar surface area (TPSA) is 133 Å². The predicted octanol–water partition coefficient (Wildman–Crippen LogP) is 1.22. The van der Waals surface area contributed by atoms with Crippen LogP contribution in [0.1, 0.15) is 24.0 Å². The first-order valence-electron chi connectivity index (χ1n) is 8.27. The van der Waals surface area contributed by atoms with Gasteiger partial charge in [0.25, 0.3) is 0 Å². The van der Waals surface area contributed by atoms with Crippen LogP contribution in [-0.4, -0.2) is 60.0 Å². The Balaban J connectivity index is 0.000000345. The van der Waals surface area contributed by atoms with E-state index in [2.05, 4.69) is 27.0 Å². The van der Waals surface area contributed by atoms with E-state index < -0.39 is 12.1 Å². The average molecular weight is 403 g/mol. The number of tetrazole rings is 1. The number of nitrogens with zero attached hydrogens (tertiary/aromatic N) is 6. The first-order valence-corrected chi connectivity index (χ1v) is 8.27. The van der Waals surface area contributed by atoms with Gasteiger partial charge in [0.05, 0.1) is 5.52 Å². The van der Waals surface area contributed by atoms with E-state index in [-0.39, 0.29) is 0 Å². The molecule has 13 heteroatoms. The minimum Gasteiger partial charge on any atom is -0.475 e. The molecular weight excluding hydrogens is 383 g/mol. The van der Waals surface area contributed by atoms with Crippen molar-refractivity contribution < 1.29 is 27.8 Å². The van der Waals surface area contributed by atoms with Gasteiger partial charge in [-0.1, -0.05) is 0 Å². The van der Waals surface area contributed by atoms with Gasteiger partial charge < -0.3 is 20.1 Å². The third-order valence-corrected chi connectivity index (χ3v) is 3.97. The van der Waals surface area contributed by atoms with Gasteiger partial charge in [-0.05, 0) is 36.8 Å². The van der Waals surface area contributed by atoms with E-state index >= 15 is 0 Å². The minimum atomic E-state index is -5.08. The SMILES string of the molecule is CCOCc1nc2c(c(C)c(C)n3nnnc23)n1CCN.O=C(O)C(F)(F)F. The van der Waals surface area contributed by atoms with Crippen molar-refractivity contribution in [1.29, 1.82) is 0 Å². The van der Waals surface area contributed by atoms with Crippen molar-refractivity contribution in [3.05, 3.63) is 17.1 Å². The number of aliphatic carboxylic acids is 1. The molecule has 0 unspecified atom stereocenters. The number of alkyl halides is 3. The summed E-state index contributed by atoms with van der Waals surface area (Å²) in [6.07, 6.45) is -5.08. The van der Waals surface area contributed by atoms with Crippen molar-refractivity contribution in [2.75, 3.05) is 13.2 Å². The van der Waals surface area contributed by atoms with Crippen LogP contribution >= 0.6 is 0 Å². The highest BCUT2D eigenvalue weighted by Crippen LogP contribution is 2.26. The largest absolute Gasteiger partial charge is 0.490 e. The van der Waals surface area contributed by atoms with Crippen LogP contribution in [0.5, 0.6) is 0 Å². The van der Waals surface area contributed by atoms with Crippen LogP contribution in [0, 0.1) is 13.8 Å². The number of halogens is 3. The molecule has 154 valence electrons. The Bertz CT molecular complexity index is 981. The van der Waals surface area contributed by atoms with Crippen molar-refractivity contribution >= 4 is 22.6 Å². The van der Waals surface area contributed by atoms with E-state index in [1.165, 1.54) is 0 Å². The Morgan fingerprint density at radius 2 is 1.96 bits per heavy atom. The van der Waals surface area contributed by atoms with E-state index in [9.17, 15) is 13.2 Å². The Kier molecular flexibility index (Phi) is 6.51. The summed E-state index contributed by atoms with van der Waals surface area (Å²) in [4.78, 5) is 13.6. The molecule has 3 rings (SSSR count). The number of carboxylic acids is 1. The summed E-state index contributed by atoms with van der Waals surface area (Å²) in [7, 11) is 0. The molecule has 0 aliphatic carbocycles. The Morgan fingerprint density at radius 3 is 2.50 bits per heavy atom. The van der Waals surface area contributed by atoms with Crippen molar-refractivity contribution in [3.8, 4) is 0 Å². The molecule has 0 saturated carbocycles. The van der Waals surface area contributed by atoms with E-state index in [0.29, 0.717) is 32.0 Å². The number of pyridine rings is 1. The molecule has 0 amide bonds. The second-order valence-electron chi connectivity index (χ2n) is 5.73. The molecule has 10 nitrogen and oxygen atoms in total. The quantitative estimate of drug-likeness (QED) is 0.650. The first kappa shape index (κ1) is 21.5. The van der Waals surface area contributed by atoms with Crippen LogP contribution in [0.15, 0.2) is 0 Å². The maximum absolute atomic E-state index is 10.6. The molecule has 0 atom stereocenters. The molecule has 3 N–H and O–H groups in total. The molecule has 0 aromatic carbocycles.